The topological polar surface area (TPSA) is 57.6 Å². The van der Waals surface area contributed by atoms with Crippen molar-refractivity contribution in [1.29, 1.82) is 0 Å². The molecule has 0 aromatic carbocycles. The van der Waals surface area contributed by atoms with Gasteiger partial charge in [-0.25, -0.2) is 12.7 Å². The number of aliphatic hydroxyl groups excluding tert-OH is 1. The van der Waals surface area contributed by atoms with Gasteiger partial charge in [-0.05, 0) is 18.3 Å². The first kappa shape index (κ1) is 14.2. The van der Waals surface area contributed by atoms with Crippen LogP contribution in [-0.4, -0.2) is 48.7 Å². The highest BCUT2D eigenvalue weighted by molar-refractivity contribution is 7.89. The Morgan fingerprint density at radius 3 is 2.69 bits per heavy atom. The number of halogens is 1. The Kier molecular flexibility index (Phi) is 5.04. The third kappa shape index (κ3) is 3.58. The van der Waals surface area contributed by atoms with Crippen LogP contribution in [0.25, 0.3) is 0 Å². The minimum absolute atomic E-state index is 0.00910. The molecule has 0 bridgehead atoms. The molecule has 6 heteroatoms. The van der Waals surface area contributed by atoms with E-state index in [0.29, 0.717) is 25.4 Å². The van der Waals surface area contributed by atoms with Gasteiger partial charge in [-0.3, -0.25) is 0 Å². The molecule has 96 valence electrons. The van der Waals surface area contributed by atoms with Crippen molar-refractivity contribution >= 4 is 21.6 Å². The lowest BCUT2D eigenvalue weighted by molar-refractivity contribution is 0.0628. The van der Waals surface area contributed by atoms with Crippen LogP contribution in [0.15, 0.2) is 0 Å². The zero-order chi connectivity index (χ0) is 12.3. The zero-order valence-electron chi connectivity index (χ0n) is 9.76. The highest BCUT2D eigenvalue weighted by Gasteiger charge is 2.32. The van der Waals surface area contributed by atoms with Crippen molar-refractivity contribution in [1.82, 2.24) is 4.31 Å². The zero-order valence-corrected chi connectivity index (χ0v) is 11.3. The van der Waals surface area contributed by atoms with Gasteiger partial charge in [-0.2, -0.15) is 0 Å². The summed E-state index contributed by atoms with van der Waals surface area (Å²) in [4.78, 5) is 0. The molecular formula is C10H20ClNO3S. The number of piperidine rings is 1. The fraction of sp³-hybridized carbons (Fsp3) is 1.00. The monoisotopic (exact) mass is 269 g/mol. The molecular weight excluding hydrogens is 250 g/mol. The minimum Gasteiger partial charge on any atom is -0.393 e. The van der Waals surface area contributed by atoms with E-state index in [1.807, 2.05) is 13.8 Å². The molecule has 0 amide bonds. The van der Waals surface area contributed by atoms with Gasteiger partial charge < -0.3 is 5.11 Å². The third-order valence-electron chi connectivity index (χ3n) is 2.97. The molecule has 0 spiro atoms. The van der Waals surface area contributed by atoms with Crippen LogP contribution in [0.3, 0.4) is 0 Å². The van der Waals surface area contributed by atoms with Crippen molar-refractivity contribution in [3.63, 3.8) is 0 Å². The summed E-state index contributed by atoms with van der Waals surface area (Å²) in [5.41, 5.74) is 0. The molecule has 1 saturated heterocycles. The van der Waals surface area contributed by atoms with Crippen LogP contribution in [0.2, 0.25) is 0 Å². The molecule has 4 nitrogen and oxygen atoms in total. The van der Waals surface area contributed by atoms with Crippen LogP contribution >= 0.6 is 11.6 Å². The van der Waals surface area contributed by atoms with Crippen molar-refractivity contribution < 1.29 is 13.5 Å². The Labute approximate surface area is 103 Å². The summed E-state index contributed by atoms with van der Waals surface area (Å²) in [6.07, 6.45) is 0.146. The molecule has 0 aromatic heterocycles. The van der Waals surface area contributed by atoms with Gasteiger partial charge in [0.15, 0.2) is 0 Å². The Bertz CT molecular complexity index is 320. The Balaban J connectivity index is 2.63. The van der Waals surface area contributed by atoms with Crippen LogP contribution < -0.4 is 0 Å². The van der Waals surface area contributed by atoms with Gasteiger partial charge in [0.25, 0.3) is 0 Å². The number of rotatable bonds is 4. The number of alkyl halides is 1. The number of sulfonamides is 1. The second kappa shape index (κ2) is 5.67. The second-order valence-electron chi connectivity index (χ2n) is 4.73. The molecule has 0 aliphatic carbocycles. The smallest absolute Gasteiger partial charge is 0.214 e. The summed E-state index contributed by atoms with van der Waals surface area (Å²) in [5.74, 6) is 0.425. The van der Waals surface area contributed by atoms with Crippen molar-refractivity contribution in [2.24, 2.45) is 11.8 Å². The fourth-order valence-corrected chi connectivity index (χ4v) is 3.99. The van der Waals surface area contributed by atoms with Crippen molar-refractivity contribution in [2.45, 2.75) is 26.4 Å². The molecule has 1 aliphatic rings. The highest BCUT2D eigenvalue weighted by Crippen LogP contribution is 2.20. The van der Waals surface area contributed by atoms with Gasteiger partial charge in [-0.15, -0.1) is 11.6 Å². The first-order valence-corrected chi connectivity index (χ1v) is 7.73. The standard InChI is InChI=1S/C10H20ClNO3S/c1-8(5-11)7-16(14,15)12-4-3-10(13)9(2)6-12/h8-10,13H,3-7H2,1-2H3. The second-order valence-corrected chi connectivity index (χ2v) is 7.05. The maximum Gasteiger partial charge on any atom is 0.214 e. The van der Waals surface area contributed by atoms with Crippen molar-refractivity contribution in [3.8, 4) is 0 Å². The van der Waals surface area contributed by atoms with Gasteiger partial charge in [-0.1, -0.05) is 13.8 Å². The molecule has 3 unspecified atom stereocenters. The SMILES string of the molecule is CC(CCl)CS(=O)(=O)N1CCC(O)C(C)C1. The predicted octanol–water partition coefficient (Wildman–Crippen LogP) is 0.894. The predicted molar refractivity (Wildman–Crippen MR) is 65.0 cm³/mol. The maximum atomic E-state index is 12.0. The molecule has 0 radical (unpaired) electrons. The van der Waals surface area contributed by atoms with E-state index in [4.69, 9.17) is 11.6 Å². The van der Waals surface area contributed by atoms with Gasteiger partial charge in [0.1, 0.15) is 0 Å². The highest BCUT2D eigenvalue weighted by atomic mass is 35.5. The van der Waals surface area contributed by atoms with E-state index in [-0.39, 0.29) is 23.7 Å². The molecule has 0 aromatic rings. The number of nitrogens with zero attached hydrogens (tertiary/aromatic N) is 1. The van der Waals surface area contributed by atoms with Crippen LogP contribution in [0.5, 0.6) is 0 Å². The van der Waals surface area contributed by atoms with Crippen molar-refractivity contribution in [2.75, 3.05) is 24.7 Å². The number of aliphatic hydroxyl groups is 1. The third-order valence-corrected chi connectivity index (χ3v) is 5.61. The molecule has 1 heterocycles. The van der Waals surface area contributed by atoms with Crippen LogP contribution in [0.1, 0.15) is 20.3 Å². The normalized spacial score (nSPS) is 30.2. The Morgan fingerprint density at radius 1 is 1.56 bits per heavy atom. The average Bonchev–Trinajstić information content (AvgIpc) is 2.21. The van der Waals surface area contributed by atoms with Crippen LogP contribution in [0, 0.1) is 11.8 Å². The molecule has 1 N–H and O–H groups in total. The lowest BCUT2D eigenvalue weighted by atomic mass is 9.99. The minimum atomic E-state index is -3.21. The lowest BCUT2D eigenvalue weighted by Crippen LogP contribution is -2.46. The molecule has 1 rings (SSSR count). The first-order valence-electron chi connectivity index (χ1n) is 5.58. The molecule has 1 aliphatic heterocycles. The van der Waals surface area contributed by atoms with E-state index in [0.717, 1.165) is 0 Å². The summed E-state index contributed by atoms with van der Waals surface area (Å²) >= 11 is 5.63. The Morgan fingerprint density at radius 2 is 2.19 bits per heavy atom. The first-order chi connectivity index (χ1) is 7.36. The number of hydrogen-bond acceptors (Lipinski definition) is 3. The largest absolute Gasteiger partial charge is 0.393 e. The van der Waals surface area contributed by atoms with E-state index in [1.54, 1.807) is 0 Å². The van der Waals surface area contributed by atoms with E-state index in [1.165, 1.54) is 4.31 Å². The average molecular weight is 270 g/mol. The summed E-state index contributed by atoms with van der Waals surface area (Å²) in [6.45, 7) is 4.53. The lowest BCUT2D eigenvalue weighted by Gasteiger charge is -2.33. The van der Waals surface area contributed by atoms with E-state index >= 15 is 0 Å². The molecule has 1 fully saturated rings. The Hall–Kier alpha value is 0.160. The fourth-order valence-electron chi connectivity index (χ4n) is 1.86. The van der Waals surface area contributed by atoms with Crippen LogP contribution in [-0.2, 0) is 10.0 Å². The van der Waals surface area contributed by atoms with Gasteiger partial charge >= 0.3 is 0 Å². The van der Waals surface area contributed by atoms with Gasteiger partial charge in [0, 0.05) is 19.0 Å². The van der Waals surface area contributed by atoms with Crippen LogP contribution in [0.4, 0.5) is 0 Å². The maximum absolute atomic E-state index is 12.0. The molecule has 3 atom stereocenters. The quantitative estimate of drug-likeness (QED) is 0.772. The van der Waals surface area contributed by atoms with Gasteiger partial charge in [0.05, 0.1) is 11.9 Å². The van der Waals surface area contributed by atoms with Gasteiger partial charge in [0.2, 0.25) is 10.0 Å². The molecule has 0 saturated carbocycles. The number of hydrogen-bond donors (Lipinski definition) is 1. The van der Waals surface area contributed by atoms with E-state index < -0.39 is 10.0 Å². The van der Waals surface area contributed by atoms with Crippen molar-refractivity contribution in [3.05, 3.63) is 0 Å². The summed E-state index contributed by atoms with van der Waals surface area (Å²) in [7, 11) is -3.21. The van der Waals surface area contributed by atoms with E-state index in [2.05, 4.69) is 0 Å². The molecule has 16 heavy (non-hydrogen) atoms. The van der Waals surface area contributed by atoms with E-state index in [9.17, 15) is 13.5 Å². The summed E-state index contributed by atoms with van der Waals surface area (Å²) < 4.78 is 25.5. The summed E-state index contributed by atoms with van der Waals surface area (Å²) in [6, 6.07) is 0. The summed E-state index contributed by atoms with van der Waals surface area (Å²) in [5, 5.41) is 9.55.